The smallest absolute Gasteiger partial charge is 0.223 e. The van der Waals surface area contributed by atoms with Crippen LogP contribution in [0.1, 0.15) is 11.1 Å². The van der Waals surface area contributed by atoms with Crippen molar-refractivity contribution in [3.63, 3.8) is 0 Å². The number of nitrogen functional groups attached to an aromatic ring is 1. The zero-order chi connectivity index (χ0) is 14.1. The lowest BCUT2D eigenvalue weighted by Crippen LogP contribution is -1.96. The lowest BCUT2D eigenvalue weighted by atomic mass is 10.1. The first-order valence-electron chi connectivity index (χ1n) is 6.09. The number of anilines is 1. The lowest BCUT2D eigenvalue weighted by Gasteiger charge is -2.03. The van der Waals surface area contributed by atoms with Crippen LogP contribution in [0.15, 0.2) is 30.5 Å². The van der Waals surface area contributed by atoms with Crippen LogP contribution in [0.4, 0.5) is 5.95 Å². The van der Waals surface area contributed by atoms with Crippen molar-refractivity contribution in [3.05, 3.63) is 46.7 Å². The molecule has 2 aromatic heterocycles. The fourth-order valence-corrected chi connectivity index (χ4v) is 2.47. The Bertz CT molecular complexity index is 752. The summed E-state index contributed by atoms with van der Waals surface area (Å²) in [4.78, 5) is 11.2. The maximum absolute atomic E-state index is 6.15. The Balaban J connectivity index is 1.98. The van der Waals surface area contributed by atoms with Crippen LogP contribution in [0.2, 0.25) is 5.15 Å². The standard InChI is InChI=1S/C14H13ClN4O/c1-20-10-4-2-8(3-5-10)6-9-7-17-13-11(9)12(15)18-14(16)19-13/h2-5,7H,6H2,1H3,(H3,16,17,18,19). The molecule has 5 nitrogen and oxygen atoms in total. The number of nitrogens with two attached hydrogens (primary N) is 1. The van der Waals surface area contributed by atoms with Crippen molar-refractivity contribution in [1.82, 2.24) is 15.0 Å². The molecule has 0 bridgehead atoms. The van der Waals surface area contributed by atoms with Gasteiger partial charge in [-0.2, -0.15) is 4.98 Å². The van der Waals surface area contributed by atoms with Crippen LogP contribution in [-0.4, -0.2) is 22.1 Å². The molecule has 0 spiro atoms. The summed E-state index contributed by atoms with van der Waals surface area (Å²) in [5.74, 6) is 1.00. The number of nitrogens with one attached hydrogen (secondary N) is 1. The van der Waals surface area contributed by atoms with Gasteiger partial charge >= 0.3 is 0 Å². The van der Waals surface area contributed by atoms with Gasteiger partial charge in [-0.15, -0.1) is 0 Å². The molecule has 0 aliphatic rings. The fourth-order valence-electron chi connectivity index (χ4n) is 2.17. The highest BCUT2D eigenvalue weighted by atomic mass is 35.5. The van der Waals surface area contributed by atoms with Gasteiger partial charge in [0.2, 0.25) is 5.95 Å². The Kier molecular flexibility index (Phi) is 3.20. The minimum absolute atomic E-state index is 0.167. The van der Waals surface area contributed by atoms with Crippen LogP contribution in [-0.2, 0) is 6.42 Å². The number of fused-ring (bicyclic) bond motifs is 1. The SMILES string of the molecule is COc1ccc(Cc2c[nH]c3nc(N)nc(Cl)c23)cc1. The number of aromatic nitrogens is 3. The van der Waals surface area contributed by atoms with E-state index in [4.69, 9.17) is 22.1 Å². The van der Waals surface area contributed by atoms with E-state index in [1.807, 2.05) is 30.5 Å². The van der Waals surface area contributed by atoms with E-state index >= 15 is 0 Å². The molecule has 1 aromatic carbocycles. The highest BCUT2D eigenvalue weighted by molar-refractivity contribution is 6.34. The van der Waals surface area contributed by atoms with Crippen LogP contribution in [0, 0.1) is 0 Å². The second-order valence-corrected chi connectivity index (χ2v) is 4.79. The maximum Gasteiger partial charge on any atom is 0.223 e. The lowest BCUT2D eigenvalue weighted by molar-refractivity contribution is 0.414. The molecule has 0 fully saturated rings. The first kappa shape index (κ1) is 12.7. The first-order valence-corrected chi connectivity index (χ1v) is 6.47. The van der Waals surface area contributed by atoms with E-state index in [0.29, 0.717) is 10.8 Å². The minimum atomic E-state index is 0.167. The van der Waals surface area contributed by atoms with E-state index in [2.05, 4.69) is 15.0 Å². The van der Waals surface area contributed by atoms with Crippen molar-refractivity contribution in [2.75, 3.05) is 12.8 Å². The predicted octanol–water partition coefficient (Wildman–Crippen LogP) is 2.79. The summed E-state index contributed by atoms with van der Waals surface area (Å²) < 4.78 is 5.15. The summed E-state index contributed by atoms with van der Waals surface area (Å²) in [5, 5.41) is 1.19. The monoisotopic (exact) mass is 288 g/mol. The van der Waals surface area contributed by atoms with Crippen molar-refractivity contribution in [3.8, 4) is 5.75 Å². The molecule has 0 saturated heterocycles. The Hall–Kier alpha value is -2.27. The number of H-pyrrole nitrogens is 1. The number of rotatable bonds is 3. The Labute approximate surface area is 120 Å². The molecule has 3 rings (SSSR count). The second-order valence-electron chi connectivity index (χ2n) is 4.43. The minimum Gasteiger partial charge on any atom is -0.497 e. The summed E-state index contributed by atoms with van der Waals surface area (Å²) in [7, 11) is 1.65. The molecule has 102 valence electrons. The Morgan fingerprint density at radius 1 is 1.25 bits per heavy atom. The second kappa shape index (κ2) is 5.02. The van der Waals surface area contributed by atoms with Gasteiger partial charge in [-0.05, 0) is 29.7 Å². The Morgan fingerprint density at radius 3 is 2.70 bits per heavy atom. The summed E-state index contributed by atoms with van der Waals surface area (Å²) in [6, 6.07) is 7.90. The molecule has 0 aliphatic heterocycles. The number of hydrogen-bond donors (Lipinski definition) is 2. The van der Waals surface area contributed by atoms with E-state index < -0.39 is 0 Å². The molecular formula is C14H13ClN4O. The van der Waals surface area contributed by atoms with Crippen LogP contribution < -0.4 is 10.5 Å². The van der Waals surface area contributed by atoms with Crippen LogP contribution in [0.5, 0.6) is 5.75 Å². The molecule has 0 unspecified atom stereocenters. The van der Waals surface area contributed by atoms with Gasteiger partial charge in [-0.3, -0.25) is 0 Å². The highest BCUT2D eigenvalue weighted by Crippen LogP contribution is 2.26. The average Bonchev–Trinajstić information content (AvgIpc) is 2.82. The van der Waals surface area contributed by atoms with Crippen LogP contribution >= 0.6 is 11.6 Å². The molecule has 0 amide bonds. The van der Waals surface area contributed by atoms with Gasteiger partial charge in [0.15, 0.2) is 0 Å². The number of ether oxygens (including phenoxy) is 1. The van der Waals surface area contributed by atoms with Gasteiger partial charge in [0, 0.05) is 6.20 Å². The van der Waals surface area contributed by atoms with Gasteiger partial charge in [-0.1, -0.05) is 23.7 Å². The third-order valence-electron chi connectivity index (χ3n) is 3.14. The summed E-state index contributed by atoms with van der Waals surface area (Å²) in [5.41, 5.74) is 8.43. The van der Waals surface area contributed by atoms with E-state index in [-0.39, 0.29) is 5.95 Å². The van der Waals surface area contributed by atoms with E-state index in [1.165, 1.54) is 0 Å². The topological polar surface area (TPSA) is 76.8 Å². The van der Waals surface area contributed by atoms with E-state index in [1.54, 1.807) is 7.11 Å². The Morgan fingerprint density at radius 2 is 2.00 bits per heavy atom. The number of aromatic amines is 1. The third-order valence-corrected chi connectivity index (χ3v) is 3.41. The largest absolute Gasteiger partial charge is 0.497 e. The molecule has 2 heterocycles. The van der Waals surface area contributed by atoms with Gasteiger partial charge in [0.05, 0.1) is 12.5 Å². The molecule has 3 N–H and O–H groups in total. The molecular weight excluding hydrogens is 276 g/mol. The molecule has 0 saturated carbocycles. The first-order chi connectivity index (χ1) is 9.67. The van der Waals surface area contributed by atoms with Crippen molar-refractivity contribution in [2.24, 2.45) is 0 Å². The number of methoxy groups -OCH3 is 1. The van der Waals surface area contributed by atoms with E-state index in [0.717, 1.165) is 28.7 Å². The van der Waals surface area contributed by atoms with Crippen molar-refractivity contribution in [2.45, 2.75) is 6.42 Å². The van der Waals surface area contributed by atoms with Gasteiger partial charge in [0.25, 0.3) is 0 Å². The van der Waals surface area contributed by atoms with Crippen molar-refractivity contribution in [1.29, 1.82) is 0 Å². The van der Waals surface area contributed by atoms with E-state index in [9.17, 15) is 0 Å². The van der Waals surface area contributed by atoms with Crippen molar-refractivity contribution >= 4 is 28.6 Å². The fraction of sp³-hybridized carbons (Fsp3) is 0.143. The van der Waals surface area contributed by atoms with Crippen LogP contribution in [0.25, 0.3) is 11.0 Å². The molecule has 20 heavy (non-hydrogen) atoms. The summed E-state index contributed by atoms with van der Waals surface area (Å²) >= 11 is 6.15. The zero-order valence-electron chi connectivity index (χ0n) is 10.9. The number of hydrogen-bond acceptors (Lipinski definition) is 4. The summed E-state index contributed by atoms with van der Waals surface area (Å²) in [6.07, 6.45) is 2.62. The van der Waals surface area contributed by atoms with Gasteiger partial charge in [-0.25, -0.2) is 4.98 Å². The average molecular weight is 289 g/mol. The zero-order valence-corrected chi connectivity index (χ0v) is 11.6. The van der Waals surface area contributed by atoms with Gasteiger partial charge < -0.3 is 15.5 Å². The normalized spacial score (nSPS) is 10.9. The molecule has 0 aliphatic carbocycles. The van der Waals surface area contributed by atoms with Gasteiger partial charge in [0.1, 0.15) is 16.5 Å². The van der Waals surface area contributed by atoms with Crippen LogP contribution in [0.3, 0.4) is 0 Å². The molecule has 6 heteroatoms. The molecule has 0 atom stereocenters. The molecule has 0 radical (unpaired) electrons. The number of nitrogens with zero attached hydrogens (tertiary/aromatic N) is 2. The maximum atomic E-state index is 6.15. The highest BCUT2D eigenvalue weighted by Gasteiger charge is 2.11. The summed E-state index contributed by atoms with van der Waals surface area (Å²) in [6.45, 7) is 0. The third kappa shape index (κ3) is 2.28. The molecule has 3 aromatic rings. The quantitative estimate of drug-likeness (QED) is 0.727. The number of benzene rings is 1. The predicted molar refractivity (Wildman–Crippen MR) is 79.1 cm³/mol. The number of halogens is 1. The van der Waals surface area contributed by atoms with Crippen molar-refractivity contribution < 1.29 is 4.74 Å².